The van der Waals surface area contributed by atoms with E-state index in [2.05, 4.69) is 0 Å². The Kier molecular flexibility index (Phi) is 5.17. The standard InChI is InChI=1S/C13H24N2O4/c1-10(17)14-8-11(9-14)15(6-5-7-16)12(18)19-13(2,3)4/h11,16H,5-9H2,1-4H3. The van der Waals surface area contributed by atoms with Crippen LogP contribution in [0.15, 0.2) is 0 Å². The molecule has 1 rings (SSSR count). The maximum atomic E-state index is 12.1. The third kappa shape index (κ3) is 4.70. The lowest BCUT2D eigenvalue weighted by Gasteiger charge is -2.45. The number of carbonyl (C=O) groups excluding carboxylic acids is 2. The summed E-state index contributed by atoms with van der Waals surface area (Å²) in [6.45, 7) is 8.53. The second kappa shape index (κ2) is 6.23. The van der Waals surface area contributed by atoms with E-state index in [9.17, 15) is 9.59 Å². The van der Waals surface area contributed by atoms with Crippen molar-refractivity contribution in [3.63, 3.8) is 0 Å². The number of hydrogen-bond acceptors (Lipinski definition) is 4. The zero-order valence-corrected chi connectivity index (χ0v) is 12.2. The van der Waals surface area contributed by atoms with Crippen molar-refractivity contribution in [1.82, 2.24) is 9.80 Å². The third-order valence-corrected chi connectivity index (χ3v) is 2.93. The van der Waals surface area contributed by atoms with E-state index in [4.69, 9.17) is 9.84 Å². The van der Waals surface area contributed by atoms with Gasteiger partial charge in [0, 0.05) is 33.2 Å². The molecule has 0 unspecified atom stereocenters. The van der Waals surface area contributed by atoms with Crippen LogP contribution in [-0.4, -0.2) is 64.8 Å². The summed E-state index contributed by atoms with van der Waals surface area (Å²) in [6.07, 6.45) is 0.129. The van der Waals surface area contributed by atoms with Gasteiger partial charge in [-0.1, -0.05) is 0 Å². The smallest absolute Gasteiger partial charge is 0.410 e. The molecule has 19 heavy (non-hydrogen) atoms. The Morgan fingerprint density at radius 2 is 1.95 bits per heavy atom. The first-order valence-electron chi connectivity index (χ1n) is 6.60. The van der Waals surface area contributed by atoms with E-state index in [0.717, 1.165) is 0 Å². The molecule has 0 bridgehead atoms. The normalized spacial score (nSPS) is 15.9. The Morgan fingerprint density at radius 3 is 2.37 bits per heavy atom. The van der Waals surface area contributed by atoms with Gasteiger partial charge < -0.3 is 19.6 Å². The van der Waals surface area contributed by atoms with Gasteiger partial charge in [-0.05, 0) is 27.2 Å². The molecule has 1 heterocycles. The zero-order chi connectivity index (χ0) is 14.6. The fourth-order valence-electron chi connectivity index (χ4n) is 1.89. The van der Waals surface area contributed by atoms with Crippen LogP contribution in [0.1, 0.15) is 34.1 Å². The van der Waals surface area contributed by atoms with Gasteiger partial charge in [0.25, 0.3) is 0 Å². The second-order valence-electron chi connectivity index (χ2n) is 5.83. The monoisotopic (exact) mass is 272 g/mol. The first-order valence-corrected chi connectivity index (χ1v) is 6.60. The van der Waals surface area contributed by atoms with Gasteiger partial charge in [0.1, 0.15) is 5.60 Å². The summed E-state index contributed by atoms with van der Waals surface area (Å²) in [4.78, 5) is 26.5. The van der Waals surface area contributed by atoms with Gasteiger partial charge >= 0.3 is 6.09 Å². The van der Waals surface area contributed by atoms with Crippen molar-refractivity contribution in [2.45, 2.75) is 45.8 Å². The van der Waals surface area contributed by atoms with Crippen LogP contribution in [0.5, 0.6) is 0 Å². The highest BCUT2D eigenvalue weighted by Gasteiger charge is 2.37. The molecule has 6 heteroatoms. The number of rotatable bonds is 4. The number of aliphatic hydroxyl groups is 1. The molecular formula is C13H24N2O4. The Labute approximate surface area is 114 Å². The highest BCUT2D eigenvalue weighted by molar-refractivity contribution is 5.75. The Morgan fingerprint density at radius 1 is 1.37 bits per heavy atom. The number of aliphatic hydroxyl groups excluding tert-OH is 1. The molecule has 0 aromatic heterocycles. The largest absolute Gasteiger partial charge is 0.444 e. The second-order valence-corrected chi connectivity index (χ2v) is 5.83. The van der Waals surface area contributed by atoms with Gasteiger partial charge in [-0.2, -0.15) is 0 Å². The molecule has 1 N–H and O–H groups in total. The van der Waals surface area contributed by atoms with Crippen LogP contribution >= 0.6 is 0 Å². The number of carbonyl (C=O) groups is 2. The molecule has 1 fully saturated rings. The van der Waals surface area contributed by atoms with Crippen LogP contribution in [0.25, 0.3) is 0 Å². The van der Waals surface area contributed by atoms with Crippen LogP contribution in [0.4, 0.5) is 4.79 Å². The summed E-state index contributed by atoms with van der Waals surface area (Å²) in [6, 6.07) is -0.00898. The van der Waals surface area contributed by atoms with Gasteiger partial charge in [0.15, 0.2) is 0 Å². The zero-order valence-electron chi connectivity index (χ0n) is 12.2. The number of hydrogen-bond donors (Lipinski definition) is 1. The third-order valence-electron chi connectivity index (χ3n) is 2.93. The van der Waals surface area contributed by atoms with Crippen LogP contribution in [0.3, 0.4) is 0 Å². The number of amides is 2. The molecule has 0 aromatic rings. The average Bonchev–Trinajstić information content (AvgIpc) is 2.17. The van der Waals surface area contributed by atoms with Crippen molar-refractivity contribution in [1.29, 1.82) is 0 Å². The van der Waals surface area contributed by atoms with Gasteiger partial charge in [-0.3, -0.25) is 4.79 Å². The van der Waals surface area contributed by atoms with E-state index >= 15 is 0 Å². The lowest BCUT2D eigenvalue weighted by Crippen LogP contribution is -2.62. The predicted molar refractivity (Wildman–Crippen MR) is 70.7 cm³/mol. The summed E-state index contributed by atoms with van der Waals surface area (Å²) < 4.78 is 5.35. The van der Waals surface area contributed by atoms with E-state index in [1.54, 1.807) is 9.80 Å². The first kappa shape index (κ1) is 15.8. The minimum atomic E-state index is -0.543. The Balaban J connectivity index is 2.58. The molecule has 1 saturated heterocycles. The maximum absolute atomic E-state index is 12.1. The minimum absolute atomic E-state index is 0.00898. The highest BCUT2D eigenvalue weighted by Crippen LogP contribution is 2.19. The van der Waals surface area contributed by atoms with Gasteiger partial charge in [0.2, 0.25) is 5.91 Å². The topological polar surface area (TPSA) is 70.1 Å². The summed E-state index contributed by atoms with van der Waals surface area (Å²) >= 11 is 0. The molecule has 6 nitrogen and oxygen atoms in total. The molecule has 0 atom stereocenters. The quantitative estimate of drug-likeness (QED) is 0.823. The fourth-order valence-corrected chi connectivity index (χ4v) is 1.89. The number of ether oxygens (including phenoxy) is 1. The molecular weight excluding hydrogens is 248 g/mol. The molecule has 1 aliphatic heterocycles. The van der Waals surface area contributed by atoms with Crippen molar-refractivity contribution in [3.05, 3.63) is 0 Å². The summed E-state index contributed by atoms with van der Waals surface area (Å²) in [5.74, 6) is 0.0162. The lowest BCUT2D eigenvalue weighted by molar-refractivity contribution is -0.136. The van der Waals surface area contributed by atoms with Crippen LogP contribution in [0, 0.1) is 0 Å². The van der Waals surface area contributed by atoms with E-state index in [0.29, 0.717) is 26.1 Å². The van der Waals surface area contributed by atoms with Crippen LogP contribution < -0.4 is 0 Å². The van der Waals surface area contributed by atoms with Crippen LogP contribution in [-0.2, 0) is 9.53 Å². The number of nitrogens with zero attached hydrogens (tertiary/aromatic N) is 2. The SMILES string of the molecule is CC(=O)N1CC(N(CCCO)C(=O)OC(C)(C)C)C1. The molecule has 0 radical (unpaired) electrons. The molecule has 0 spiro atoms. The van der Waals surface area contributed by atoms with E-state index in [1.165, 1.54) is 6.92 Å². The molecule has 0 aliphatic carbocycles. The highest BCUT2D eigenvalue weighted by atomic mass is 16.6. The lowest BCUT2D eigenvalue weighted by atomic mass is 10.1. The Bertz CT molecular complexity index is 332. The van der Waals surface area contributed by atoms with Crippen molar-refractivity contribution < 1.29 is 19.4 Å². The van der Waals surface area contributed by atoms with Crippen molar-refractivity contribution >= 4 is 12.0 Å². The molecule has 110 valence electrons. The molecule has 0 saturated carbocycles. The summed E-state index contributed by atoms with van der Waals surface area (Å²) in [5, 5.41) is 8.90. The minimum Gasteiger partial charge on any atom is -0.444 e. The average molecular weight is 272 g/mol. The summed E-state index contributed by atoms with van der Waals surface area (Å²) in [5.41, 5.74) is -0.543. The van der Waals surface area contributed by atoms with Crippen molar-refractivity contribution in [3.8, 4) is 0 Å². The van der Waals surface area contributed by atoms with Gasteiger partial charge in [-0.15, -0.1) is 0 Å². The van der Waals surface area contributed by atoms with E-state index in [1.807, 2.05) is 20.8 Å². The van der Waals surface area contributed by atoms with Crippen LogP contribution in [0.2, 0.25) is 0 Å². The van der Waals surface area contributed by atoms with E-state index < -0.39 is 5.60 Å². The predicted octanol–water partition coefficient (Wildman–Crippen LogP) is 0.837. The fraction of sp³-hybridized carbons (Fsp3) is 0.846. The summed E-state index contributed by atoms with van der Waals surface area (Å²) in [7, 11) is 0. The number of likely N-dealkylation sites (tertiary alicyclic amines) is 1. The van der Waals surface area contributed by atoms with E-state index in [-0.39, 0.29) is 24.6 Å². The van der Waals surface area contributed by atoms with Gasteiger partial charge in [0.05, 0.1) is 6.04 Å². The molecule has 0 aromatic carbocycles. The van der Waals surface area contributed by atoms with Crippen molar-refractivity contribution in [2.75, 3.05) is 26.2 Å². The maximum Gasteiger partial charge on any atom is 0.410 e. The molecule has 1 aliphatic rings. The first-order chi connectivity index (χ1) is 8.74. The van der Waals surface area contributed by atoms with Gasteiger partial charge in [-0.25, -0.2) is 4.79 Å². The molecule has 2 amide bonds. The Hall–Kier alpha value is -1.30. The van der Waals surface area contributed by atoms with Crippen molar-refractivity contribution in [2.24, 2.45) is 0 Å².